The summed E-state index contributed by atoms with van der Waals surface area (Å²) in [7, 11) is 1.95. The second-order valence-electron chi connectivity index (χ2n) is 7.46. The van der Waals surface area contributed by atoms with Crippen LogP contribution >= 0.6 is 0 Å². The first-order chi connectivity index (χ1) is 11.7. The fourth-order valence-electron chi connectivity index (χ4n) is 3.16. The van der Waals surface area contributed by atoms with E-state index >= 15 is 0 Å². The van der Waals surface area contributed by atoms with Crippen molar-refractivity contribution in [3.05, 3.63) is 24.2 Å². The highest BCUT2D eigenvalue weighted by molar-refractivity contribution is 5.97. The number of ether oxygens (including phenoxy) is 1. The molecule has 25 heavy (non-hydrogen) atoms. The highest BCUT2D eigenvalue weighted by atomic mass is 16.6. The Morgan fingerprint density at radius 3 is 2.80 bits per heavy atom. The largest absolute Gasteiger partial charge is 0.444 e. The molecule has 134 valence electrons. The number of allylic oxidation sites excluding steroid dienone is 1. The minimum Gasteiger partial charge on any atom is -0.444 e. The van der Waals surface area contributed by atoms with Crippen LogP contribution in [0.4, 0.5) is 10.6 Å². The van der Waals surface area contributed by atoms with Crippen molar-refractivity contribution < 1.29 is 9.53 Å². The van der Waals surface area contributed by atoms with Crippen LogP contribution in [0.15, 0.2) is 18.6 Å². The number of nitrogens with zero attached hydrogens (tertiary/aromatic N) is 3. The van der Waals surface area contributed by atoms with Crippen LogP contribution in [0.5, 0.6) is 0 Å². The quantitative estimate of drug-likeness (QED) is 0.874. The van der Waals surface area contributed by atoms with Gasteiger partial charge in [-0.15, -0.1) is 0 Å². The molecule has 0 saturated carbocycles. The van der Waals surface area contributed by atoms with E-state index in [0.29, 0.717) is 5.82 Å². The van der Waals surface area contributed by atoms with Crippen molar-refractivity contribution in [2.75, 3.05) is 5.73 Å². The minimum atomic E-state index is -0.486. The molecule has 2 heterocycles. The molecule has 2 aromatic rings. The molecule has 0 aliphatic heterocycles. The van der Waals surface area contributed by atoms with Gasteiger partial charge in [-0.25, -0.2) is 14.8 Å². The van der Waals surface area contributed by atoms with Crippen LogP contribution in [0.2, 0.25) is 0 Å². The Kier molecular flexibility index (Phi) is 4.41. The molecule has 1 unspecified atom stereocenters. The molecule has 7 heteroatoms. The Labute approximate surface area is 147 Å². The predicted molar refractivity (Wildman–Crippen MR) is 97.9 cm³/mol. The Balaban J connectivity index is 1.75. The summed E-state index contributed by atoms with van der Waals surface area (Å²) in [6.45, 7) is 5.58. The maximum Gasteiger partial charge on any atom is 0.407 e. The van der Waals surface area contributed by atoms with E-state index in [1.54, 1.807) is 0 Å². The van der Waals surface area contributed by atoms with Gasteiger partial charge in [0.25, 0.3) is 0 Å². The van der Waals surface area contributed by atoms with Crippen LogP contribution in [0.1, 0.15) is 45.6 Å². The van der Waals surface area contributed by atoms with Gasteiger partial charge in [-0.1, -0.05) is 6.08 Å². The fourth-order valence-corrected chi connectivity index (χ4v) is 3.16. The molecule has 0 radical (unpaired) electrons. The lowest BCUT2D eigenvalue weighted by Gasteiger charge is -2.25. The third-order valence-corrected chi connectivity index (χ3v) is 4.26. The van der Waals surface area contributed by atoms with Crippen molar-refractivity contribution in [2.45, 2.75) is 51.7 Å². The van der Waals surface area contributed by atoms with E-state index < -0.39 is 5.60 Å². The number of nitrogens with one attached hydrogen (secondary N) is 1. The van der Waals surface area contributed by atoms with Gasteiger partial charge in [0, 0.05) is 24.8 Å². The van der Waals surface area contributed by atoms with Crippen LogP contribution in [0.3, 0.4) is 0 Å². The summed E-state index contributed by atoms with van der Waals surface area (Å²) in [6.07, 6.45) is 7.80. The van der Waals surface area contributed by atoms with Crippen LogP contribution in [0, 0.1) is 0 Å². The third-order valence-electron chi connectivity index (χ3n) is 4.26. The molecule has 1 amide bonds. The van der Waals surface area contributed by atoms with Crippen LogP contribution in [0.25, 0.3) is 16.6 Å². The zero-order chi connectivity index (χ0) is 18.2. The topological polar surface area (TPSA) is 95.1 Å². The number of aryl methyl sites for hydroxylation is 1. The van der Waals surface area contributed by atoms with E-state index in [9.17, 15) is 4.79 Å². The highest BCUT2D eigenvalue weighted by Crippen LogP contribution is 2.34. The normalized spacial score (nSPS) is 18.1. The number of carbonyl (C=O) groups is 1. The number of aromatic nitrogens is 3. The average molecular weight is 343 g/mol. The monoisotopic (exact) mass is 343 g/mol. The van der Waals surface area contributed by atoms with E-state index in [1.165, 1.54) is 11.9 Å². The molecule has 0 aromatic carbocycles. The van der Waals surface area contributed by atoms with Gasteiger partial charge < -0.3 is 20.4 Å². The van der Waals surface area contributed by atoms with Crippen molar-refractivity contribution in [3.63, 3.8) is 0 Å². The number of alkyl carbamates (subject to hydrolysis) is 1. The van der Waals surface area contributed by atoms with Crippen LogP contribution < -0.4 is 11.1 Å². The first-order valence-electron chi connectivity index (χ1n) is 8.49. The summed E-state index contributed by atoms with van der Waals surface area (Å²) in [4.78, 5) is 20.3. The number of amides is 1. The molecule has 7 nitrogen and oxygen atoms in total. The summed E-state index contributed by atoms with van der Waals surface area (Å²) in [5.74, 6) is 0.496. The van der Waals surface area contributed by atoms with Gasteiger partial charge in [-0.2, -0.15) is 0 Å². The smallest absolute Gasteiger partial charge is 0.407 e. The summed E-state index contributed by atoms with van der Waals surface area (Å²) < 4.78 is 7.29. The number of fused-ring (bicyclic) bond motifs is 1. The van der Waals surface area contributed by atoms with E-state index in [4.69, 9.17) is 10.5 Å². The van der Waals surface area contributed by atoms with Gasteiger partial charge in [-0.3, -0.25) is 0 Å². The maximum atomic E-state index is 11.9. The van der Waals surface area contributed by atoms with Gasteiger partial charge in [0.15, 0.2) is 0 Å². The SMILES string of the molecule is Cn1cc(C2=CCC(NC(=O)OC(C)(C)C)CC2)c2c(N)ncnc21. The van der Waals surface area contributed by atoms with Crippen LogP contribution in [-0.4, -0.2) is 32.3 Å². The van der Waals surface area contributed by atoms with Gasteiger partial charge >= 0.3 is 6.09 Å². The second-order valence-corrected chi connectivity index (χ2v) is 7.46. The average Bonchev–Trinajstić information content (AvgIpc) is 2.85. The summed E-state index contributed by atoms with van der Waals surface area (Å²) in [5.41, 5.74) is 8.70. The van der Waals surface area contributed by atoms with Gasteiger partial charge in [0.05, 0.1) is 5.39 Å². The molecule has 0 bridgehead atoms. The summed E-state index contributed by atoms with van der Waals surface area (Å²) in [5, 5.41) is 3.84. The van der Waals surface area contributed by atoms with Gasteiger partial charge in [-0.05, 0) is 45.6 Å². The Morgan fingerprint density at radius 2 is 2.16 bits per heavy atom. The molecule has 1 atom stereocenters. The molecule has 1 aliphatic carbocycles. The number of carbonyl (C=O) groups excluding carboxylic acids is 1. The van der Waals surface area contributed by atoms with Crippen molar-refractivity contribution in [1.29, 1.82) is 0 Å². The number of rotatable bonds is 2. The van der Waals surface area contributed by atoms with Crippen molar-refractivity contribution >= 4 is 28.5 Å². The standard InChI is InChI=1S/C18H25N5O2/c1-18(2,3)25-17(24)22-12-7-5-11(6-8-12)13-9-23(4)16-14(13)15(19)20-10-21-16/h5,9-10,12H,6-8H2,1-4H3,(H,22,24)(H2,19,20,21). The van der Waals surface area contributed by atoms with Gasteiger partial charge in [0.1, 0.15) is 23.4 Å². The Morgan fingerprint density at radius 1 is 1.40 bits per heavy atom. The van der Waals surface area contributed by atoms with E-state index in [0.717, 1.165) is 35.9 Å². The first-order valence-corrected chi connectivity index (χ1v) is 8.49. The zero-order valence-corrected chi connectivity index (χ0v) is 15.2. The number of anilines is 1. The van der Waals surface area contributed by atoms with E-state index in [2.05, 4.69) is 21.4 Å². The molecule has 0 saturated heterocycles. The van der Waals surface area contributed by atoms with Gasteiger partial charge in [0.2, 0.25) is 0 Å². The molecule has 3 rings (SSSR count). The first kappa shape index (κ1) is 17.3. The lowest BCUT2D eigenvalue weighted by Crippen LogP contribution is -2.39. The Hall–Kier alpha value is -2.57. The lowest BCUT2D eigenvalue weighted by molar-refractivity contribution is 0.0502. The van der Waals surface area contributed by atoms with Crippen molar-refractivity contribution in [2.24, 2.45) is 7.05 Å². The van der Waals surface area contributed by atoms with E-state index in [-0.39, 0.29) is 12.1 Å². The number of hydrogen-bond acceptors (Lipinski definition) is 5. The second kappa shape index (κ2) is 6.38. The molecular formula is C18H25N5O2. The molecule has 0 spiro atoms. The molecular weight excluding hydrogens is 318 g/mol. The van der Waals surface area contributed by atoms with Crippen molar-refractivity contribution in [1.82, 2.24) is 19.9 Å². The van der Waals surface area contributed by atoms with Crippen LogP contribution in [-0.2, 0) is 11.8 Å². The fraction of sp³-hybridized carbons (Fsp3) is 0.500. The highest BCUT2D eigenvalue weighted by Gasteiger charge is 2.23. The number of hydrogen-bond donors (Lipinski definition) is 2. The maximum absolute atomic E-state index is 11.9. The summed E-state index contributed by atoms with van der Waals surface area (Å²) in [6, 6.07) is 0.0853. The number of nitrogens with two attached hydrogens (primary N) is 1. The minimum absolute atomic E-state index is 0.0853. The summed E-state index contributed by atoms with van der Waals surface area (Å²) >= 11 is 0. The van der Waals surface area contributed by atoms with E-state index in [1.807, 2.05) is 38.6 Å². The van der Waals surface area contributed by atoms with Crippen molar-refractivity contribution in [3.8, 4) is 0 Å². The molecule has 0 fully saturated rings. The predicted octanol–water partition coefficient (Wildman–Crippen LogP) is 3.01. The molecule has 3 N–H and O–H groups in total. The Bertz CT molecular complexity index is 832. The molecule has 2 aromatic heterocycles. The third kappa shape index (κ3) is 3.75. The lowest BCUT2D eigenvalue weighted by atomic mass is 9.91. The molecule has 1 aliphatic rings. The number of nitrogen functional groups attached to an aromatic ring is 1. The zero-order valence-electron chi connectivity index (χ0n) is 15.2.